The molecule has 0 saturated heterocycles. The van der Waals surface area contributed by atoms with Gasteiger partial charge >= 0.3 is 183 Å². The van der Waals surface area contributed by atoms with Crippen LogP contribution in [0, 0.1) is 35.5 Å². The van der Waals surface area contributed by atoms with E-state index in [-0.39, 0.29) is 42.8 Å². The van der Waals surface area contributed by atoms with E-state index in [0.29, 0.717) is 12.2 Å². The molecule has 0 aliphatic heterocycles. The van der Waals surface area contributed by atoms with Crippen LogP contribution in [0.1, 0.15) is 33.6 Å². The minimum absolute atomic E-state index is 0.00387. The molecule has 2 nitrogen and oxygen atoms in total. The topological polar surface area (TPSA) is 26.3 Å². The van der Waals surface area contributed by atoms with Crippen LogP contribution in [0.4, 0.5) is 0 Å². The molecule has 4 heteroatoms. The van der Waals surface area contributed by atoms with Crippen LogP contribution in [0.25, 0.3) is 0 Å². The van der Waals surface area contributed by atoms with E-state index in [1.807, 2.05) is 12.1 Å². The average molecular weight is 470 g/mol. The predicted octanol–water partition coefficient (Wildman–Crippen LogP) is 4.37. The summed E-state index contributed by atoms with van der Waals surface area (Å²) in [6, 6.07) is 10.4. The van der Waals surface area contributed by atoms with E-state index in [2.05, 4.69) is 81.8 Å². The maximum absolute atomic E-state index is 13.1. The van der Waals surface area contributed by atoms with Crippen molar-refractivity contribution in [2.75, 3.05) is 0 Å². The Balaban J connectivity index is 1.98. The normalized spacial score (nSPS) is 27.8. The van der Waals surface area contributed by atoms with Crippen molar-refractivity contribution in [3.05, 3.63) is 42.5 Å². The van der Waals surface area contributed by atoms with E-state index >= 15 is 0 Å². The molecule has 0 bridgehead atoms. The van der Waals surface area contributed by atoms with Crippen LogP contribution >= 0.6 is 0 Å². The Morgan fingerprint density at radius 1 is 1.10 bits per heavy atom. The van der Waals surface area contributed by atoms with Crippen LogP contribution < -0.4 is 4.46 Å². The summed E-state index contributed by atoms with van der Waals surface area (Å²) in [4.78, 5) is 13.1. The van der Waals surface area contributed by atoms with Crippen molar-refractivity contribution in [2.24, 2.45) is 11.8 Å². The Bertz CT molecular complexity index is 890. The maximum atomic E-state index is 13.1. The Kier molecular flexibility index (Phi) is 6.93. The van der Waals surface area contributed by atoms with Gasteiger partial charge in [-0.1, -0.05) is 0 Å². The number of carbonyl (C=O) groups excluding carboxylic acids is 1. The quantitative estimate of drug-likeness (QED) is 0.484. The summed E-state index contributed by atoms with van der Waals surface area (Å²) in [5, 5.41) is 0.0951. The SMILES string of the molecule is CC(C)(C)[Si](C)(C)OC1C#C/C=C\C#CC[C@@H]2CC(=O)[C@@H]([Se]c3ccccc3)[C@@H]12. The summed E-state index contributed by atoms with van der Waals surface area (Å²) in [5.74, 6) is 13.6. The van der Waals surface area contributed by atoms with E-state index in [0.717, 1.165) is 6.42 Å². The van der Waals surface area contributed by atoms with Crippen LogP contribution in [0.2, 0.25) is 22.9 Å². The first-order valence-electron chi connectivity index (χ1n) is 10.3. The number of allylic oxidation sites excluding steroid dienone is 2. The molecule has 0 amide bonds. The van der Waals surface area contributed by atoms with Crippen LogP contribution in [0.5, 0.6) is 0 Å². The van der Waals surface area contributed by atoms with Gasteiger partial charge in [-0.05, 0) is 0 Å². The molecule has 29 heavy (non-hydrogen) atoms. The van der Waals surface area contributed by atoms with E-state index in [9.17, 15) is 4.79 Å². The second-order valence-corrected chi connectivity index (χ2v) is 16.6. The van der Waals surface area contributed by atoms with E-state index in [1.54, 1.807) is 6.08 Å². The van der Waals surface area contributed by atoms with Crippen molar-refractivity contribution in [1.82, 2.24) is 0 Å². The van der Waals surface area contributed by atoms with Crippen molar-refractivity contribution >= 4 is 33.5 Å². The number of carbonyl (C=O) groups is 1. The first-order chi connectivity index (χ1) is 13.7. The number of hydrogen-bond donors (Lipinski definition) is 0. The molecule has 0 aromatic heterocycles. The van der Waals surface area contributed by atoms with Gasteiger partial charge in [-0.25, -0.2) is 0 Å². The van der Waals surface area contributed by atoms with Crippen LogP contribution in [-0.4, -0.2) is 35.2 Å². The molecule has 1 saturated carbocycles. The fourth-order valence-corrected chi connectivity index (χ4v) is 7.59. The molecule has 3 rings (SSSR count). The Morgan fingerprint density at radius 2 is 1.79 bits per heavy atom. The monoisotopic (exact) mass is 470 g/mol. The van der Waals surface area contributed by atoms with Gasteiger partial charge in [-0.15, -0.1) is 0 Å². The third-order valence-electron chi connectivity index (χ3n) is 6.20. The average Bonchev–Trinajstić information content (AvgIpc) is 2.95. The van der Waals surface area contributed by atoms with Gasteiger partial charge < -0.3 is 0 Å². The zero-order valence-electron chi connectivity index (χ0n) is 18.0. The van der Waals surface area contributed by atoms with Gasteiger partial charge in [0.2, 0.25) is 0 Å². The van der Waals surface area contributed by atoms with Crippen molar-refractivity contribution in [1.29, 1.82) is 0 Å². The first-order valence-corrected chi connectivity index (χ1v) is 15.0. The molecule has 2 aliphatic carbocycles. The van der Waals surface area contributed by atoms with Gasteiger partial charge in [0.25, 0.3) is 0 Å². The Labute approximate surface area is 183 Å². The van der Waals surface area contributed by atoms with Crippen molar-refractivity contribution in [2.45, 2.75) is 62.7 Å². The standard InChI is InChI=1S/C25H30O2SeSi/c1-25(2,3)29(4,5)27-22-17-13-8-6-7-10-14-19-18-21(26)24(23(19)22)28-20-15-11-9-12-16-20/h6,8-9,11-12,15-16,19,22-24H,14,18H2,1-5H3/b8-6-/t19-,22?,23-,24-/m1/s1. The fourth-order valence-electron chi connectivity index (χ4n) is 3.54. The number of Topliss-reactive ketones (excluding diaryl/α,β-unsaturated/α-hetero) is 1. The number of benzene rings is 1. The predicted molar refractivity (Wildman–Crippen MR) is 124 cm³/mol. The van der Waals surface area contributed by atoms with Gasteiger partial charge in [0, 0.05) is 0 Å². The Hall–Kier alpha value is -1.55. The molecule has 1 unspecified atom stereocenters. The van der Waals surface area contributed by atoms with E-state index < -0.39 is 8.32 Å². The van der Waals surface area contributed by atoms with Crippen LogP contribution in [0.3, 0.4) is 0 Å². The molecule has 4 atom stereocenters. The number of hydrogen-bond acceptors (Lipinski definition) is 2. The Morgan fingerprint density at radius 3 is 2.48 bits per heavy atom. The number of rotatable bonds is 4. The summed E-state index contributed by atoms with van der Waals surface area (Å²) >= 11 is 0.0713. The zero-order chi connectivity index (χ0) is 21.1. The van der Waals surface area contributed by atoms with E-state index in [4.69, 9.17) is 4.43 Å². The zero-order valence-corrected chi connectivity index (χ0v) is 20.7. The van der Waals surface area contributed by atoms with Crippen LogP contribution in [0.15, 0.2) is 42.5 Å². The fraction of sp³-hybridized carbons (Fsp3) is 0.480. The first kappa shape index (κ1) is 22.1. The van der Waals surface area contributed by atoms with Crippen molar-refractivity contribution in [3.63, 3.8) is 0 Å². The molecule has 1 aromatic carbocycles. The third-order valence-corrected chi connectivity index (χ3v) is 13.5. The van der Waals surface area contributed by atoms with Crippen molar-refractivity contribution < 1.29 is 9.22 Å². The molecule has 0 heterocycles. The molecule has 0 radical (unpaired) electrons. The molecule has 2 aliphatic rings. The number of fused-ring (bicyclic) bond motifs is 1. The summed E-state index contributed by atoms with van der Waals surface area (Å²) in [6.45, 7) is 11.3. The van der Waals surface area contributed by atoms with Crippen molar-refractivity contribution in [3.8, 4) is 23.7 Å². The second-order valence-electron chi connectivity index (χ2n) is 9.31. The molecule has 1 aromatic rings. The summed E-state index contributed by atoms with van der Waals surface area (Å²) in [6.07, 6.45) is 4.73. The number of ketones is 1. The van der Waals surface area contributed by atoms with Gasteiger partial charge in [0.05, 0.1) is 0 Å². The molecule has 152 valence electrons. The van der Waals surface area contributed by atoms with Gasteiger partial charge in [-0.2, -0.15) is 0 Å². The third kappa shape index (κ3) is 5.33. The van der Waals surface area contributed by atoms with Crippen LogP contribution in [-0.2, 0) is 9.22 Å². The van der Waals surface area contributed by atoms with Gasteiger partial charge in [-0.3, -0.25) is 0 Å². The van der Waals surface area contributed by atoms with Gasteiger partial charge in [0.15, 0.2) is 0 Å². The second kappa shape index (κ2) is 9.07. The van der Waals surface area contributed by atoms with E-state index in [1.165, 1.54) is 4.46 Å². The molecule has 1 fully saturated rings. The van der Waals surface area contributed by atoms with Gasteiger partial charge in [0.1, 0.15) is 0 Å². The molecule has 0 spiro atoms. The summed E-state index contributed by atoms with van der Waals surface area (Å²) in [5.41, 5.74) is 0. The molecular weight excluding hydrogens is 439 g/mol. The molecule has 0 N–H and O–H groups in total. The minimum atomic E-state index is -2.03. The summed E-state index contributed by atoms with van der Waals surface area (Å²) in [7, 11) is -2.03. The summed E-state index contributed by atoms with van der Waals surface area (Å²) < 4.78 is 8.11. The molecular formula is C25H30O2SeSi.